The topological polar surface area (TPSA) is 55.1 Å². The van der Waals surface area contributed by atoms with Crippen LogP contribution in [0.4, 0.5) is 0 Å². The summed E-state index contributed by atoms with van der Waals surface area (Å²) in [6.45, 7) is 2.53. The van der Waals surface area contributed by atoms with E-state index < -0.39 is 10.8 Å². The van der Waals surface area contributed by atoms with Crippen molar-refractivity contribution >= 4 is 10.8 Å². The molecule has 1 aromatic rings. The Morgan fingerprint density at radius 2 is 2.46 bits per heavy atom. The molecule has 0 aliphatic rings. The Labute approximate surface area is 80.1 Å². The first-order valence-electron chi connectivity index (χ1n) is 4.07. The molecular formula is C8H14N2O2S. The van der Waals surface area contributed by atoms with E-state index in [1.807, 2.05) is 11.5 Å². The van der Waals surface area contributed by atoms with Crippen LogP contribution >= 0.6 is 0 Å². The van der Waals surface area contributed by atoms with Gasteiger partial charge in [-0.05, 0) is 6.92 Å². The molecule has 0 spiro atoms. The Morgan fingerprint density at radius 1 is 1.77 bits per heavy atom. The number of aromatic nitrogens is 2. The predicted octanol–water partition coefficient (Wildman–Crippen LogP) is 0.142. The fraction of sp³-hybridized carbons (Fsp3) is 0.625. The van der Waals surface area contributed by atoms with Crippen LogP contribution in [0.15, 0.2) is 12.5 Å². The van der Waals surface area contributed by atoms with Gasteiger partial charge < -0.3 is 9.67 Å². The summed E-state index contributed by atoms with van der Waals surface area (Å²) in [4.78, 5) is 3.91. The maximum Gasteiger partial charge on any atom is 0.0949 e. The summed E-state index contributed by atoms with van der Waals surface area (Å²) in [6, 6.07) is 0. The number of nitrogens with zero attached hydrogens (tertiary/aromatic N) is 2. The Morgan fingerprint density at radius 3 is 3.00 bits per heavy atom. The van der Waals surface area contributed by atoms with Crippen LogP contribution in [0.5, 0.6) is 0 Å². The minimum absolute atomic E-state index is 0.0247. The molecule has 0 saturated heterocycles. The van der Waals surface area contributed by atoms with Crippen molar-refractivity contribution in [2.24, 2.45) is 0 Å². The van der Waals surface area contributed by atoms with Crippen LogP contribution in [-0.2, 0) is 24.0 Å². The van der Waals surface area contributed by atoms with E-state index >= 15 is 0 Å². The average Bonchev–Trinajstić information content (AvgIpc) is 2.51. The fourth-order valence-electron chi connectivity index (χ4n) is 1.03. The molecule has 0 fully saturated rings. The zero-order valence-electron chi connectivity index (χ0n) is 7.80. The summed E-state index contributed by atoms with van der Waals surface area (Å²) in [7, 11) is -0.835. The number of hydrogen-bond donors (Lipinski definition) is 1. The molecule has 0 radical (unpaired) electrons. The fourth-order valence-corrected chi connectivity index (χ4v) is 1.40. The van der Waals surface area contributed by atoms with Crippen molar-refractivity contribution in [2.75, 3.05) is 6.26 Å². The van der Waals surface area contributed by atoms with Crippen LogP contribution in [0.25, 0.3) is 0 Å². The standard InChI is InChI=1S/C8H14N2O2S/c1-7(13(2)12)4-10-6-9-3-8(10)5-11/h3,6-7,11H,4-5H2,1-2H3. The second-order valence-electron chi connectivity index (χ2n) is 3.00. The summed E-state index contributed by atoms with van der Waals surface area (Å²) >= 11 is 0. The molecule has 1 N–H and O–H groups in total. The van der Waals surface area contributed by atoms with Crippen molar-refractivity contribution in [1.82, 2.24) is 9.55 Å². The van der Waals surface area contributed by atoms with Gasteiger partial charge in [-0.1, -0.05) is 0 Å². The summed E-state index contributed by atoms with van der Waals surface area (Å²) in [5.41, 5.74) is 0.761. The Bertz CT molecular complexity index is 298. The molecule has 2 atom stereocenters. The van der Waals surface area contributed by atoms with E-state index in [0.29, 0.717) is 6.54 Å². The van der Waals surface area contributed by atoms with E-state index in [1.165, 1.54) is 0 Å². The molecule has 0 aliphatic heterocycles. The second-order valence-corrected chi connectivity index (χ2v) is 4.81. The van der Waals surface area contributed by atoms with Gasteiger partial charge in [0.15, 0.2) is 0 Å². The highest BCUT2D eigenvalue weighted by Crippen LogP contribution is 2.03. The maximum atomic E-state index is 11.1. The summed E-state index contributed by atoms with van der Waals surface area (Å²) < 4.78 is 12.9. The second kappa shape index (κ2) is 4.53. The molecule has 0 aliphatic carbocycles. The number of aliphatic hydroxyl groups is 1. The molecule has 74 valence electrons. The van der Waals surface area contributed by atoms with E-state index in [2.05, 4.69) is 4.98 Å². The van der Waals surface area contributed by atoms with Crippen molar-refractivity contribution in [3.8, 4) is 0 Å². The van der Waals surface area contributed by atoms with Crippen LogP contribution in [0.3, 0.4) is 0 Å². The Balaban J connectivity index is 2.68. The van der Waals surface area contributed by atoms with Gasteiger partial charge in [0.2, 0.25) is 0 Å². The molecule has 0 bridgehead atoms. The number of hydrogen-bond acceptors (Lipinski definition) is 3. The van der Waals surface area contributed by atoms with Gasteiger partial charge in [-0.3, -0.25) is 4.21 Å². The molecule has 0 aromatic carbocycles. The molecule has 0 saturated carbocycles. The monoisotopic (exact) mass is 202 g/mol. The van der Waals surface area contributed by atoms with E-state index in [9.17, 15) is 4.21 Å². The van der Waals surface area contributed by atoms with Gasteiger partial charge in [0.05, 0.1) is 24.8 Å². The van der Waals surface area contributed by atoms with Crippen molar-refractivity contribution in [2.45, 2.75) is 25.3 Å². The molecule has 4 nitrogen and oxygen atoms in total. The highest BCUT2D eigenvalue weighted by atomic mass is 32.2. The molecule has 13 heavy (non-hydrogen) atoms. The van der Waals surface area contributed by atoms with Gasteiger partial charge in [-0.25, -0.2) is 4.98 Å². The lowest BCUT2D eigenvalue weighted by molar-refractivity contribution is 0.270. The summed E-state index contributed by atoms with van der Waals surface area (Å²) in [6.07, 6.45) is 4.94. The first-order chi connectivity index (χ1) is 6.15. The van der Waals surface area contributed by atoms with Crippen LogP contribution in [-0.4, -0.2) is 30.4 Å². The zero-order chi connectivity index (χ0) is 9.84. The number of imidazole rings is 1. The Kier molecular flexibility index (Phi) is 3.62. The summed E-state index contributed by atoms with van der Waals surface area (Å²) in [5, 5.41) is 9.00. The molecular weight excluding hydrogens is 188 g/mol. The molecule has 2 unspecified atom stereocenters. The maximum absolute atomic E-state index is 11.1. The normalized spacial score (nSPS) is 15.6. The lowest BCUT2D eigenvalue weighted by atomic mass is 10.4. The third-order valence-electron chi connectivity index (χ3n) is 1.98. The molecule has 1 aromatic heterocycles. The van der Waals surface area contributed by atoms with Crippen molar-refractivity contribution in [3.63, 3.8) is 0 Å². The van der Waals surface area contributed by atoms with Gasteiger partial charge in [0.1, 0.15) is 0 Å². The van der Waals surface area contributed by atoms with Crippen LogP contribution < -0.4 is 0 Å². The number of aliphatic hydroxyl groups excluding tert-OH is 1. The molecule has 5 heteroatoms. The van der Waals surface area contributed by atoms with Crippen LogP contribution in [0.2, 0.25) is 0 Å². The average molecular weight is 202 g/mol. The predicted molar refractivity (Wildman–Crippen MR) is 51.7 cm³/mol. The largest absolute Gasteiger partial charge is 0.390 e. The minimum atomic E-state index is -0.835. The van der Waals surface area contributed by atoms with Gasteiger partial charge >= 0.3 is 0 Å². The SMILES string of the molecule is CC(Cn1cncc1CO)S(C)=O. The van der Waals surface area contributed by atoms with Crippen LogP contribution in [0.1, 0.15) is 12.6 Å². The van der Waals surface area contributed by atoms with Crippen molar-refractivity contribution < 1.29 is 9.32 Å². The van der Waals surface area contributed by atoms with E-state index in [0.717, 1.165) is 5.69 Å². The summed E-state index contributed by atoms with van der Waals surface area (Å²) in [5.74, 6) is 0. The third kappa shape index (κ3) is 2.63. The number of rotatable bonds is 4. The molecule has 1 rings (SSSR count). The van der Waals surface area contributed by atoms with E-state index in [4.69, 9.17) is 5.11 Å². The van der Waals surface area contributed by atoms with Gasteiger partial charge in [-0.2, -0.15) is 0 Å². The highest BCUT2D eigenvalue weighted by Gasteiger charge is 2.08. The zero-order valence-corrected chi connectivity index (χ0v) is 8.62. The smallest absolute Gasteiger partial charge is 0.0949 e. The first kappa shape index (κ1) is 10.4. The van der Waals surface area contributed by atoms with Gasteiger partial charge in [0, 0.05) is 28.9 Å². The van der Waals surface area contributed by atoms with Gasteiger partial charge in [-0.15, -0.1) is 0 Å². The Hall–Kier alpha value is -0.680. The van der Waals surface area contributed by atoms with E-state index in [1.54, 1.807) is 18.8 Å². The quantitative estimate of drug-likeness (QED) is 0.755. The first-order valence-corrected chi connectivity index (χ1v) is 5.69. The lowest BCUT2D eigenvalue weighted by Crippen LogP contribution is -2.18. The van der Waals surface area contributed by atoms with Crippen LogP contribution in [0, 0.1) is 0 Å². The third-order valence-corrected chi connectivity index (χ3v) is 3.26. The van der Waals surface area contributed by atoms with Gasteiger partial charge in [0.25, 0.3) is 0 Å². The molecule has 1 heterocycles. The minimum Gasteiger partial charge on any atom is -0.390 e. The van der Waals surface area contributed by atoms with Crippen molar-refractivity contribution in [3.05, 3.63) is 18.2 Å². The molecule has 0 amide bonds. The lowest BCUT2D eigenvalue weighted by Gasteiger charge is -2.10. The van der Waals surface area contributed by atoms with Crippen molar-refractivity contribution in [1.29, 1.82) is 0 Å². The highest BCUT2D eigenvalue weighted by molar-refractivity contribution is 7.84. The van der Waals surface area contributed by atoms with E-state index in [-0.39, 0.29) is 11.9 Å².